The highest BCUT2D eigenvalue weighted by Gasteiger charge is 2.18. The zero-order chi connectivity index (χ0) is 21.6. The Morgan fingerprint density at radius 2 is 1.83 bits per heavy atom. The molecule has 0 saturated carbocycles. The van der Waals surface area contributed by atoms with E-state index in [-0.39, 0.29) is 6.04 Å². The summed E-state index contributed by atoms with van der Waals surface area (Å²) in [6.45, 7) is 13.7. The van der Waals surface area contributed by atoms with Gasteiger partial charge in [0.05, 0.1) is 19.7 Å². The number of ether oxygens (including phenoxy) is 1. The van der Waals surface area contributed by atoms with Gasteiger partial charge in [0.1, 0.15) is 5.75 Å². The third kappa shape index (κ3) is 9.05. The van der Waals surface area contributed by atoms with Gasteiger partial charge in [-0.15, -0.1) is 0 Å². The van der Waals surface area contributed by atoms with Gasteiger partial charge in [0.2, 0.25) is 0 Å². The smallest absolute Gasteiger partial charge is 0.191 e. The Hall–Kier alpha value is -1.79. The zero-order valence-electron chi connectivity index (χ0n) is 19.7. The second kappa shape index (κ2) is 14.2. The van der Waals surface area contributed by atoms with Crippen LogP contribution in [0.25, 0.3) is 0 Å². The minimum atomic E-state index is 0.152. The summed E-state index contributed by atoms with van der Waals surface area (Å²) < 4.78 is 5.57. The number of aliphatic imine (C=N–C) groups is 1. The summed E-state index contributed by atoms with van der Waals surface area (Å²) >= 11 is 0. The van der Waals surface area contributed by atoms with E-state index in [0.29, 0.717) is 12.6 Å². The van der Waals surface area contributed by atoms with Crippen LogP contribution in [0.4, 0.5) is 0 Å². The predicted octanol–water partition coefficient (Wildman–Crippen LogP) is 3.36. The SMILES string of the molecule is CCNC(=NCC(c1ccccc1OC)N(C)C)NC(C)CCCN(CC)CC. The van der Waals surface area contributed by atoms with Crippen molar-refractivity contribution in [2.45, 2.75) is 52.6 Å². The van der Waals surface area contributed by atoms with E-state index in [1.54, 1.807) is 7.11 Å². The fourth-order valence-electron chi connectivity index (χ4n) is 3.45. The van der Waals surface area contributed by atoms with Gasteiger partial charge in [-0.2, -0.15) is 0 Å². The monoisotopic (exact) mass is 405 g/mol. The first kappa shape index (κ1) is 25.2. The second-order valence-electron chi connectivity index (χ2n) is 7.66. The molecule has 1 rings (SSSR count). The van der Waals surface area contributed by atoms with Crippen molar-refractivity contribution in [2.75, 3.05) is 53.9 Å². The average Bonchev–Trinajstić information content (AvgIpc) is 2.71. The van der Waals surface area contributed by atoms with E-state index in [0.717, 1.165) is 49.9 Å². The quantitative estimate of drug-likeness (QED) is 0.389. The minimum Gasteiger partial charge on any atom is -0.496 e. The molecule has 166 valence electrons. The third-order valence-electron chi connectivity index (χ3n) is 5.28. The van der Waals surface area contributed by atoms with Gasteiger partial charge in [0.15, 0.2) is 5.96 Å². The van der Waals surface area contributed by atoms with Crippen LogP contribution in [0, 0.1) is 0 Å². The summed E-state index contributed by atoms with van der Waals surface area (Å²) in [6, 6.07) is 8.72. The maximum atomic E-state index is 5.57. The Balaban J connectivity index is 2.75. The molecule has 0 fully saturated rings. The number of hydrogen-bond donors (Lipinski definition) is 2. The van der Waals surface area contributed by atoms with E-state index >= 15 is 0 Å². The molecule has 6 heteroatoms. The van der Waals surface area contributed by atoms with Crippen molar-refractivity contribution in [3.8, 4) is 5.75 Å². The second-order valence-corrected chi connectivity index (χ2v) is 7.66. The van der Waals surface area contributed by atoms with Crippen LogP contribution in [0.1, 0.15) is 52.1 Å². The number of likely N-dealkylation sites (N-methyl/N-ethyl adjacent to an activating group) is 1. The van der Waals surface area contributed by atoms with Crippen LogP contribution in [0.2, 0.25) is 0 Å². The molecule has 0 radical (unpaired) electrons. The summed E-state index contributed by atoms with van der Waals surface area (Å²) in [5, 5.41) is 6.96. The van der Waals surface area contributed by atoms with Crippen molar-refractivity contribution in [3.05, 3.63) is 29.8 Å². The van der Waals surface area contributed by atoms with Crippen LogP contribution in [-0.2, 0) is 0 Å². The first-order valence-electron chi connectivity index (χ1n) is 11.0. The average molecular weight is 406 g/mol. The molecule has 29 heavy (non-hydrogen) atoms. The number of nitrogens with zero attached hydrogens (tertiary/aromatic N) is 3. The summed E-state index contributed by atoms with van der Waals surface area (Å²) in [7, 11) is 5.89. The summed E-state index contributed by atoms with van der Waals surface area (Å²) in [4.78, 5) is 9.56. The topological polar surface area (TPSA) is 52.1 Å². The van der Waals surface area contributed by atoms with Crippen molar-refractivity contribution in [2.24, 2.45) is 4.99 Å². The Morgan fingerprint density at radius 1 is 1.14 bits per heavy atom. The first-order chi connectivity index (χ1) is 14.0. The molecular weight excluding hydrogens is 362 g/mol. The van der Waals surface area contributed by atoms with E-state index in [1.807, 2.05) is 12.1 Å². The van der Waals surface area contributed by atoms with Crippen LogP contribution < -0.4 is 15.4 Å². The standard InChI is InChI=1S/C23H43N5O/c1-8-24-23(26-19(4)14-13-17-28(9-2)10-3)25-18-21(27(5)6)20-15-11-12-16-22(20)29-7/h11-12,15-16,19,21H,8-10,13-14,17-18H2,1-7H3,(H2,24,25,26). The predicted molar refractivity (Wildman–Crippen MR) is 125 cm³/mol. The Bertz CT molecular complexity index is 586. The molecule has 6 nitrogen and oxygen atoms in total. The fourth-order valence-corrected chi connectivity index (χ4v) is 3.45. The number of hydrogen-bond acceptors (Lipinski definition) is 4. The van der Waals surface area contributed by atoms with Crippen LogP contribution >= 0.6 is 0 Å². The van der Waals surface area contributed by atoms with Gasteiger partial charge < -0.3 is 25.2 Å². The number of methoxy groups -OCH3 is 1. The molecule has 0 aliphatic rings. The Kier molecular flexibility index (Phi) is 12.4. The van der Waals surface area contributed by atoms with Crippen molar-refractivity contribution in [1.29, 1.82) is 0 Å². The van der Waals surface area contributed by atoms with E-state index in [4.69, 9.17) is 9.73 Å². The molecule has 1 aromatic carbocycles. The lowest BCUT2D eigenvalue weighted by atomic mass is 10.0. The van der Waals surface area contributed by atoms with Crippen LogP contribution in [-0.4, -0.2) is 75.7 Å². The Morgan fingerprint density at radius 3 is 2.41 bits per heavy atom. The van der Waals surface area contributed by atoms with Crippen molar-refractivity contribution in [3.63, 3.8) is 0 Å². The van der Waals surface area contributed by atoms with E-state index in [2.05, 4.69) is 74.4 Å². The molecule has 0 spiro atoms. The maximum Gasteiger partial charge on any atom is 0.191 e. The number of para-hydroxylation sites is 1. The van der Waals surface area contributed by atoms with Crippen LogP contribution in [0.3, 0.4) is 0 Å². The number of benzene rings is 1. The highest BCUT2D eigenvalue weighted by molar-refractivity contribution is 5.80. The third-order valence-corrected chi connectivity index (χ3v) is 5.28. The maximum absolute atomic E-state index is 5.57. The van der Waals surface area contributed by atoms with Gasteiger partial charge in [0, 0.05) is 18.2 Å². The Labute approximate surface area is 178 Å². The molecule has 0 aromatic heterocycles. The van der Waals surface area contributed by atoms with Gasteiger partial charge >= 0.3 is 0 Å². The highest BCUT2D eigenvalue weighted by Crippen LogP contribution is 2.28. The lowest BCUT2D eigenvalue weighted by Crippen LogP contribution is -2.43. The van der Waals surface area contributed by atoms with Crippen LogP contribution in [0.15, 0.2) is 29.3 Å². The van der Waals surface area contributed by atoms with E-state index in [9.17, 15) is 0 Å². The molecule has 0 bridgehead atoms. The van der Waals surface area contributed by atoms with Crippen molar-refractivity contribution in [1.82, 2.24) is 20.4 Å². The number of rotatable bonds is 13. The van der Waals surface area contributed by atoms with Crippen molar-refractivity contribution >= 4 is 5.96 Å². The highest BCUT2D eigenvalue weighted by atomic mass is 16.5. The molecular formula is C23H43N5O. The largest absolute Gasteiger partial charge is 0.496 e. The van der Waals surface area contributed by atoms with Gasteiger partial charge in [-0.3, -0.25) is 4.99 Å². The molecule has 0 amide bonds. The van der Waals surface area contributed by atoms with Gasteiger partial charge in [-0.1, -0.05) is 32.0 Å². The zero-order valence-corrected chi connectivity index (χ0v) is 19.7. The number of nitrogens with one attached hydrogen (secondary N) is 2. The molecule has 2 unspecified atom stereocenters. The van der Waals surface area contributed by atoms with E-state index < -0.39 is 0 Å². The van der Waals surface area contributed by atoms with Gasteiger partial charge in [0.25, 0.3) is 0 Å². The summed E-state index contributed by atoms with van der Waals surface area (Å²) in [6.07, 6.45) is 2.32. The lowest BCUT2D eigenvalue weighted by molar-refractivity contribution is 0.292. The van der Waals surface area contributed by atoms with Crippen LogP contribution in [0.5, 0.6) is 5.75 Å². The summed E-state index contributed by atoms with van der Waals surface area (Å²) in [5.41, 5.74) is 1.16. The fraction of sp³-hybridized carbons (Fsp3) is 0.696. The lowest BCUT2D eigenvalue weighted by Gasteiger charge is -2.26. The molecule has 0 saturated heterocycles. The van der Waals surface area contributed by atoms with Gasteiger partial charge in [-0.05, 0) is 66.5 Å². The minimum absolute atomic E-state index is 0.152. The number of guanidine groups is 1. The molecule has 2 atom stereocenters. The molecule has 2 N–H and O–H groups in total. The molecule has 0 aliphatic carbocycles. The normalized spacial score (nSPS) is 14.2. The first-order valence-corrected chi connectivity index (χ1v) is 11.0. The van der Waals surface area contributed by atoms with Crippen molar-refractivity contribution < 1.29 is 4.74 Å². The van der Waals surface area contributed by atoms with Gasteiger partial charge in [-0.25, -0.2) is 0 Å². The molecule has 0 heterocycles. The summed E-state index contributed by atoms with van der Waals surface area (Å²) in [5.74, 6) is 1.79. The molecule has 1 aromatic rings. The van der Waals surface area contributed by atoms with E-state index in [1.165, 1.54) is 6.42 Å². The molecule has 0 aliphatic heterocycles.